The summed E-state index contributed by atoms with van der Waals surface area (Å²) in [6, 6.07) is 2.35. The molecule has 33 heavy (non-hydrogen) atoms. The smallest absolute Gasteiger partial charge is 0.355 e. The van der Waals surface area contributed by atoms with Crippen molar-refractivity contribution >= 4 is 25.7 Å². The van der Waals surface area contributed by atoms with Gasteiger partial charge in [-0.1, -0.05) is 60.8 Å². The first-order valence-corrected chi connectivity index (χ1v) is 19.8. The highest BCUT2D eigenvalue weighted by molar-refractivity contribution is 6.86. The van der Waals surface area contributed by atoms with E-state index in [0.29, 0.717) is 25.3 Å². The van der Waals surface area contributed by atoms with Crippen LogP contribution in [0.25, 0.3) is 0 Å². The van der Waals surface area contributed by atoms with Gasteiger partial charge in [0, 0.05) is 34.0 Å². The monoisotopic (exact) mass is 526 g/mol. The van der Waals surface area contributed by atoms with Gasteiger partial charge in [0.1, 0.15) is 0 Å². The van der Waals surface area contributed by atoms with Crippen molar-refractivity contribution in [2.24, 2.45) is 0 Å². The van der Waals surface area contributed by atoms with Crippen LogP contribution in [-0.4, -0.2) is 78.4 Å². The maximum Gasteiger partial charge on any atom is 0.355 e. The normalized spacial score (nSPS) is 17.5. The summed E-state index contributed by atoms with van der Waals surface area (Å²) < 4.78 is 44.4. The predicted octanol–water partition coefficient (Wildman–Crippen LogP) is 5.77. The molecule has 0 fully saturated rings. The number of unbranched alkanes of at least 4 members (excludes halogenated alkanes) is 3. The average molecular weight is 527 g/mol. The third-order valence-corrected chi connectivity index (χ3v) is 18.6. The Morgan fingerprint density at radius 2 is 0.758 bits per heavy atom. The minimum absolute atomic E-state index is 0.476. The Bertz CT molecular complexity index is 420. The standard InChI is InChI=1S/C23H54O7Si3/c1-9-15-18-26-21-31(12-4,24-7)29-33(14-6,23-28-20-17-11-3)30-32(13-5,25-8)22-27-19-16-10-2/h9-23H2,1-8H3. The molecule has 10 heteroatoms. The van der Waals surface area contributed by atoms with Gasteiger partial charge in [-0.05, 0) is 37.4 Å². The molecule has 7 nitrogen and oxygen atoms in total. The molecule has 200 valence electrons. The molecule has 0 aromatic carbocycles. The zero-order valence-electron chi connectivity index (χ0n) is 23.0. The first kappa shape index (κ1) is 33.4. The fourth-order valence-electron chi connectivity index (χ4n) is 3.32. The van der Waals surface area contributed by atoms with Crippen LogP contribution in [0.5, 0.6) is 0 Å². The molecule has 0 amide bonds. The van der Waals surface area contributed by atoms with Crippen LogP contribution in [0.4, 0.5) is 0 Å². The molecule has 0 rings (SSSR count). The fraction of sp³-hybridized carbons (Fsp3) is 1.00. The molecule has 0 aliphatic heterocycles. The van der Waals surface area contributed by atoms with Gasteiger partial charge in [-0.3, -0.25) is 0 Å². The van der Waals surface area contributed by atoms with Crippen LogP contribution < -0.4 is 0 Å². The lowest BCUT2D eigenvalue weighted by molar-refractivity contribution is 0.0992. The molecule has 0 bridgehead atoms. The van der Waals surface area contributed by atoms with Crippen molar-refractivity contribution in [2.75, 3.05) is 52.7 Å². The van der Waals surface area contributed by atoms with Crippen molar-refractivity contribution in [3.8, 4) is 0 Å². The van der Waals surface area contributed by atoms with Gasteiger partial charge in [0.15, 0.2) is 0 Å². The summed E-state index contributed by atoms with van der Waals surface area (Å²) in [4.78, 5) is 0. The second-order valence-corrected chi connectivity index (χ2v) is 19.5. The summed E-state index contributed by atoms with van der Waals surface area (Å²) >= 11 is 0. The minimum atomic E-state index is -2.82. The van der Waals surface area contributed by atoms with E-state index >= 15 is 0 Å². The third-order valence-electron chi connectivity index (χ3n) is 6.00. The topological polar surface area (TPSA) is 64.6 Å². The van der Waals surface area contributed by atoms with Gasteiger partial charge in [-0.25, -0.2) is 0 Å². The summed E-state index contributed by atoms with van der Waals surface area (Å²) in [5.41, 5.74) is 0. The van der Waals surface area contributed by atoms with Gasteiger partial charge in [0.05, 0.1) is 18.7 Å². The largest absolute Gasteiger partial charge is 0.412 e. The van der Waals surface area contributed by atoms with E-state index in [4.69, 9.17) is 31.3 Å². The quantitative estimate of drug-likeness (QED) is 0.117. The van der Waals surface area contributed by atoms with Crippen LogP contribution in [-0.2, 0) is 31.3 Å². The zero-order valence-corrected chi connectivity index (χ0v) is 26.0. The number of ether oxygens (including phenoxy) is 3. The zero-order chi connectivity index (χ0) is 25.1. The van der Waals surface area contributed by atoms with Crippen LogP contribution in [0.3, 0.4) is 0 Å². The molecule has 2 atom stereocenters. The van der Waals surface area contributed by atoms with E-state index in [9.17, 15) is 0 Å². The molecule has 0 saturated carbocycles. The molecule has 0 aromatic rings. The molecule has 0 aliphatic carbocycles. The second kappa shape index (κ2) is 19.5. The van der Waals surface area contributed by atoms with Crippen LogP contribution in [0.2, 0.25) is 18.1 Å². The summed E-state index contributed by atoms with van der Waals surface area (Å²) in [7, 11) is -4.57. The highest BCUT2D eigenvalue weighted by Crippen LogP contribution is 2.29. The molecule has 2 unspecified atom stereocenters. The Kier molecular flexibility index (Phi) is 19.8. The SMILES string of the molecule is CCCCOC[Si](CC)(OC)O[Si](CC)(COCCCC)O[Si](CC)(COCCCC)OC. The van der Waals surface area contributed by atoms with Gasteiger partial charge in [-0.2, -0.15) is 0 Å². The Morgan fingerprint density at radius 1 is 0.455 bits per heavy atom. The first-order chi connectivity index (χ1) is 15.9. The van der Waals surface area contributed by atoms with Crippen molar-refractivity contribution in [1.82, 2.24) is 0 Å². The van der Waals surface area contributed by atoms with E-state index in [1.807, 2.05) is 0 Å². The van der Waals surface area contributed by atoms with E-state index in [2.05, 4.69) is 41.5 Å². The lowest BCUT2D eigenvalue weighted by Crippen LogP contribution is -2.65. The van der Waals surface area contributed by atoms with Gasteiger partial charge in [-0.15, -0.1) is 0 Å². The highest BCUT2D eigenvalue weighted by atomic mass is 28.5. The van der Waals surface area contributed by atoms with Crippen molar-refractivity contribution in [2.45, 2.75) is 98.2 Å². The van der Waals surface area contributed by atoms with Gasteiger partial charge < -0.3 is 31.3 Å². The Hall–Kier alpha value is 0.371. The molecule has 0 radical (unpaired) electrons. The van der Waals surface area contributed by atoms with E-state index in [1.54, 1.807) is 14.2 Å². The van der Waals surface area contributed by atoms with Crippen molar-refractivity contribution in [3.05, 3.63) is 0 Å². The van der Waals surface area contributed by atoms with E-state index in [-0.39, 0.29) is 0 Å². The van der Waals surface area contributed by atoms with Gasteiger partial charge in [0.2, 0.25) is 0 Å². The van der Waals surface area contributed by atoms with E-state index in [1.165, 1.54) is 0 Å². The molecule has 0 aromatic heterocycles. The highest BCUT2D eigenvalue weighted by Gasteiger charge is 2.53. The lowest BCUT2D eigenvalue weighted by Gasteiger charge is -2.43. The maximum atomic E-state index is 7.00. The Labute approximate surface area is 207 Å². The van der Waals surface area contributed by atoms with Crippen molar-refractivity contribution in [3.63, 3.8) is 0 Å². The molecule has 0 heterocycles. The first-order valence-electron chi connectivity index (χ1n) is 13.1. The van der Waals surface area contributed by atoms with Crippen LogP contribution in [0, 0.1) is 0 Å². The fourth-order valence-corrected chi connectivity index (χ4v) is 16.0. The van der Waals surface area contributed by atoms with E-state index < -0.39 is 25.7 Å². The predicted molar refractivity (Wildman–Crippen MR) is 142 cm³/mol. The Balaban J connectivity index is 5.77. The lowest BCUT2D eigenvalue weighted by atomic mass is 10.4. The van der Waals surface area contributed by atoms with Crippen LogP contribution in [0.1, 0.15) is 80.1 Å². The second-order valence-electron chi connectivity index (χ2n) is 8.62. The Morgan fingerprint density at radius 3 is 1.00 bits per heavy atom. The number of hydrogen-bond acceptors (Lipinski definition) is 7. The third kappa shape index (κ3) is 12.8. The van der Waals surface area contributed by atoms with Crippen LogP contribution >= 0.6 is 0 Å². The number of rotatable bonds is 24. The number of hydrogen-bond donors (Lipinski definition) is 0. The molecule has 0 aliphatic rings. The minimum Gasteiger partial charge on any atom is -0.412 e. The summed E-state index contributed by atoms with van der Waals surface area (Å²) in [5.74, 6) is 0. The van der Waals surface area contributed by atoms with Crippen molar-refractivity contribution in [1.29, 1.82) is 0 Å². The summed E-state index contributed by atoms with van der Waals surface area (Å²) in [6.45, 7) is 15.0. The summed E-state index contributed by atoms with van der Waals surface area (Å²) in [5, 5.41) is 0. The molecule has 0 spiro atoms. The van der Waals surface area contributed by atoms with Crippen molar-refractivity contribution < 1.29 is 31.3 Å². The molecule has 0 saturated heterocycles. The molecular formula is C23H54O7Si3. The molecular weight excluding hydrogens is 473 g/mol. The van der Waals surface area contributed by atoms with Gasteiger partial charge in [0.25, 0.3) is 0 Å². The molecule has 0 N–H and O–H groups in total. The van der Waals surface area contributed by atoms with Gasteiger partial charge >= 0.3 is 25.7 Å². The maximum absolute atomic E-state index is 7.00. The summed E-state index contributed by atoms with van der Waals surface area (Å²) in [6.07, 6.45) is 7.89. The van der Waals surface area contributed by atoms with E-state index in [0.717, 1.165) is 69.9 Å². The van der Waals surface area contributed by atoms with Crippen LogP contribution in [0.15, 0.2) is 0 Å². The average Bonchev–Trinajstić information content (AvgIpc) is 2.85.